The molecule has 3 rings (SSSR count). The van der Waals surface area contributed by atoms with Crippen LogP contribution in [0.1, 0.15) is 43.3 Å². The van der Waals surface area contributed by atoms with E-state index < -0.39 is 0 Å². The molecule has 5 nitrogen and oxygen atoms in total. The molecule has 24 heavy (non-hydrogen) atoms. The van der Waals surface area contributed by atoms with E-state index >= 15 is 0 Å². The van der Waals surface area contributed by atoms with Gasteiger partial charge in [-0.2, -0.15) is 0 Å². The Labute approximate surface area is 141 Å². The predicted octanol–water partition coefficient (Wildman–Crippen LogP) is 3.86. The Balaban J connectivity index is 1.79. The van der Waals surface area contributed by atoms with Crippen LogP contribution < -0.4 is 10.2 Å². The molecule has 0 unspecified atom stereocenters. The number of nitrogens with one attached hydrogen (secondary N) is 1. The molecule has 5 heteroatoms. The predicted molar refractivity (Wildman–Crippen MR) is 93.2 cm³/mol. The number of hydrogen-bond acceptors (Lipinski definition) is 3. The Bertz CT molecular complexity index is 757. The fourth-order valence-electron chi connectivity index (χ4n) is 2.89. The van der Waals surface area contributed by atoms with Crippen molar-refractivity contribution in [1.29, 1.82) is 0 Å². The molecule has 0 radical (unpaired) electrons. The molecule has 0 saturated carbocycles. The molecular weight excluding hydrogens is 304 g/mol. The third-order valence-electron chi connectivity index (χ3n) is 3.93. The summed E-state index contributed by atoms with van der Waals surface area (Å²) in [5.74, 6) is 0.145. The molecule has 0 saturated heterocycles. The van der Waals surface area contributed by atoms with Crippen molar-refractivity contribution in [3.63, 3.8) is 0 Å². The molecule has 1 aliphatic rings. The van der Waals surface area contributed by atoms with Crippen molar-refractivity contribution in [3.8, 4) is 0 Å². The molecule has 0 bridgehead atoms. The summed E-state index contributed by atoms with van der Waals surface area (Å²) in [5, 5.41) is 2.92. The number of carbonyl (C=O) groups excluding carboxylic acids is 2. The minimum atomic E-state index is -0.156. The first kappa shape index (κ1) is 16.3. The topological polar surface area (TPSA) is 62.6 Å². The summed E-state index contributed by atoms with van der Waals surface area (Å²) in [6.45, 7) is 6.70. The molecule has 2 aromatic rings. The molecule has 1 aliphatic heterocycles. The van der Waals surface area contributed by atoms with Crippen LogP contribution in [0.4, 0.5) is 11.4 Å². The number of carbonyl (C=O) groups is 2. The lowest BCUT2D eigenvalue weighted by Crippen LogP contribution is -2.28. The number of benzene rings is 1. The highest BCUT2D eigenvalue weighted by Crippen LogP contribution is 2.32. The summed E-state index contributed by atoms with van der Waals surface area (Å²) in [6, 6.07) is 9.09. The summed E-state index contributed by atoms with van der Waals surface area (Å²) in [5.41, 5.74) is 2.58. The molecule has 2 heterocycles. The first-order valence-corrected chi connectivity index (χ1v) is 8.12. The standard InChI is InChI=1S/C19H22N2O3/c1-19(2,3)12-17(22)20-14-7-6-13-8-9-21(15(13)11-14)18(23)16-5-4-10-24-16/h4-7,10-11H,8-9,12H2,1-3H3,(H,20,22). The minimum absolute atomic E-state index is 0.0237. The second kappa shape index (κ2) is 6.15. The van der Waals surface area contributed by atoms with Crippen molar-refractivity contribution in [3.05, 3.63) is 47.9 Å². The van der Waals surface area contributed by atoms with Crippen LogP contribution in [0.15, 0.2) is 41.0 Å². The smallest absolute Gasteiger partial charge is 0.293 e. The minimum Gasteiger partial charge on any atom is -0.459 e. The van der Waals surface area contributed by atoms with Crippen molar-refractivity contribution in [2.45, 2.75) is 33.6 Å². The van der Waals surface area contributed by atoms with Crippen LogP contribution in [-0.4, -0.2) is 18.4 Å². The van der Waals surface area contributed by atoms with E-state index in [9.17, 15) is 9.59 Å². The average Bonchev–Trinajstić information content (AvgIpc) is 3.14. The average molecular weight is 326 g/mol. The molecule has 0 atom stereocenters. The first-order chi connectivity index (χ1) is 11.3. The molecular formula is C19H22N2O3. The Kier molecular flexibility index (Phi) is 4.18. The molecule has 0 aliphatic carbocycles. The second-order valence-corrected chi connectivity index (χ2v) is 7.31. The highest BCUT2D eigenvalue weighted by Gasteiger charge is 2.27. The van der Waals surface area contributed by atoms with Crippen LogP contribution in [0.5, 0.6) is 0 Å². The molecule has 0 spiro atoms. The van der Waals surface area contributed by atoms with E-state index in [0.717, 1.165) is 17.7 Å². The maximum Gasteiger partial charge on any atom is 0.293 e. The van der Waals surface area contributed by atoms with Crippen LogP contribution in [-0.2, 0) is 11.2 Å². The highest BCUT2D eigenvalue weighted by molar-refractivity contribution is 6.06. The second-order valence-electron chi connectivity index (χ2n) is 7.31. The molecule has 2 amide bonds. The van der Waals surface area contributed by atoms with Crippen molar-refractivity contribution < 1.29 is 14.0 Å². The third-order valence-corrected chi connectivity index (χ3v) is 3.93. The van der Waals surface area contributed by atoms with Gasteiger partial charge in [0.1, 0.15) is 0 Å². The summed E-state index contributed by atoms with van der Waals surface area (Å²) in [7, 11) is 0. The number of amides is 2. The number of furan rings is 1. The van der Waals surface area contributed by atoms with E-state index in [4.69, 9.17) is 4.42 Å². The zero-order valence-corrected chi connectivity index (χ0v) is 14.3. The van der Waals surface area contributed by atoms with Crippen molar-refractivity contribution in [2.75, 3.05) is 16.8 Å². The van der Waals surface area contributed by atoms with Gasteiger partial charge in [-0.15, -0.1) is 0 Å². The number of anilines is 2. The van der Waals surface area contributed by atoms with Gasteiger partial charge in [0.2, 0.25) is 5.91 Å². The SMILES string of the molecule is CC(C)(C)CC(=O)Nc1ccc2c(c1)N(C(=O)c1ccco1)CC2. The normalized spacial score (nSPS) is 13.7. The van der Waals surface area contributed by atoms with Crippen molar-refractivity contribution >= 4 is 23.2 Å². The number of rotatable bonds is 3. The van der Waals surface area contributed by atoms with Gasteiger partial charge in [-0.1, -0.05) is 26.8 Å². The summed E-state index contributed by atoms with van der Waals surface area (Å²) in [4.78, 5) is 26.4. The zero-order valence-electron chi connectivity index (χ0n) is 14.3. The molecule has 1 aromatic heterocycles. The van der Waals surface area contributed by atoms with Crippen molar-refractivity contribution in [2.24, 2.45) is 5.41 Å². The summed E-state index contributed by atoms with van der Waals surface area (Å²) in [6.07, 6.45) is 2.74. The quantitative estimate of drug-likeness (QED) is 0.931. The monoisotopic (exact) mass is 326 g/mol. The van der Waals surface area contributed by atoms with E-state index in [-0.39, 0.29) is 17.2 Å². The van der Waals surface area contributed by atoms with E-state index in [1.165, 1.54) is 6.26 Å². The molecule has 1 N–H and O–H groups in total. The van der Waals surface area contributed by atoms with Gasteiger partial charge in [0.15, 0.2) is 5.76 Å². The largest absolute Gasteiger partial charge is 0.459 e. The molecule has 1 aromatic carbocycles. The third kappa shape index (κ3) is 3.50. The number of fused-ring (bicyclic) bond motifs is 1. The van der Waals surface area contributed by atoms with E-state index in [2.05, 4.69) is 5.32 Å². The van der Waals surface area contributed by atoms with Crippen LogP contribution in [0.25, 0.3) is 0 Å². The van der Waals surface area contributed by atoms with Gasteiger partial charge < -0.3 is 14.6 Å². The Morgan fingerprint density at radius 2 is 2.04 bits per heavy atom. The highest BCUT2D eigenvalue weighted by atomic mass is 16.3. The lowest BCUT2D eigenvalue weighted by molar-refractivity contribution is -0.117. The van der Waals surface area contributed by atoms with E-state index in [1.54, 1.807) is 17.0 Å². The van der Waals surface area contributed by atoms with Gasteiger partial charge in [-0.3, -0.25) is 9.59 Å². The fraction of sp³-hybridized carbons (Fsp3) is 0.368. The van der Waals surface area contributed by atoms with Crippen LogP contribution >= 0.6 is 0 Å². The first-order valence-electron chi connectivity index (χ1n) is 8.12. The van der Waals surface area contributed by atoms with Crippen LogP contribution in [0, 0.1) is 5.41 Å². The van der Waals surface area contributed by atoms with Crippen LogP contribution in [0.2, 0.25) is 0 Å². The van der Waals surface area contributed by atoms with E-state index in [1.807, 2.05) is 39.0 Å². The fourth-order valence-corrected chi connectivity index (χ4v) is 2.89. The molecule has 126 valence electrons. The maximum absolute atomic E-state index is 12.5. The van der Waals surface area contributed by atoms with Gasteiger partial charge in [0.05, 0.1) is 6.26 Å². The lowest BCUT2D eigenvalue weighted by atomic mass is 9.92. The van der Waals surface area contributed by atoms with Gasteiger partial charge in [-0.25, -0.2) is 0 Å². The van der Waals surface area contributed by atoms with Gasteiger partial charge in [0, 0.05) is 24.3 Å². The Morgan fingerprint density at radius 1 is 1.25 bits per heavy atom. The number of nitrogens with zero attached hydrogens (tertiary/aromatic N) is 1. The number of hydrogen-bond donors (Lipinski definition) is 1. The van der Waals surface area contributed by atoms with E-state index in [0.29, 0.717) is 24.4 Å². The molecule has 0 fully saturated rings. The lowest BCUT2D eigenvalue weighted by Gasteiger charge is -2.19. The maximum atomic E-state index is 12.5. The Morgan fingerprint density at radius 3 is 2.71 bits per heavy atom. The van der Waals surface area contributed by atoms with Gasteiger partial charge in [0.25, 0.3) is 5.91 Å². The van der Waals surface area contributed by atoms with Gasteiger partial charge >= 0.3 is 0 Å². The van der Waals surface area contributed by atoms with Crippen LogP contribution in [0.3, 0.4) is 0 Å². The van der Waals surface area contributed by atoms with Gasteiger partial charge in [-0.05, 0) is 41.7 Å². The Hall–Kier alpha value is -2.56. The summed E-state index contributed by atoms with van der Waals surface area (Å²) < 4.78 is 5.21. The summed E-state index contributed by atoms with van der Waals surface area (Å²) >= 11 is 0. The zero-order chi connectivity index (χ0) is 17.3. The van der Waals surface area contributed by atoms with Crippen molar-refractivity contribution in [1.82, 2.24) is 0 Å².